The van der Waals surface area contributed by atoms with Crippen molar-refractivity contribution in [3.05, 3.63) is 75.4 Å². The molecule has 2 heterocycles. The SMILES string of the molecule is Cn1nc(C(C)(C)C)cc1N(Cc1ccccc1CN1CCC(=O)N(c2c(Cl)cccc2Cl)C1)C(=O)O. The fourth-order valence-corrected chi connectivity index (χ4v) is 5.01. The molecule has 8 nitrogen and oxygen atoms in total. The van der Waals surface area contributed by atoms with Gasteiger partial charge in [0.1, 0.15) is 5.82 Å². The number of anilines is 2. The van der Waals surface area contributed by atoms with E-state index in [1.54, 1.807) is 34.8 Å². The lowest BCUT2D eigenvalue weighted by Gasteiger charge is -2.36. The summed E-state index contributed by atoms with van der Waals surface area (Å²) in [7, 11) is 1.76. The van der Waals surface area contributed by atoms with Gasteiger partial charge in [0, 0.05) is 38.0 Å². The standard InChI is InChI=1S/C27H31Cl2N5O3/c1-27(2,3)22-14-23(31(4)30-22)33(26(36)37)16-19-9-6-5-8-18(19)15-32-13-12-24(35)34(17-32)25-20(28)10-7-11-21(25)29/h5-11,14H,12-13,15-17H2,1-4H3,(H,36,37). The number of nitrogens with zero attached hydrogens (tertiary/aromatic N) is 5. The maximum Gasteiger partial charge on any atom is 0.413 e. The third-order valence-electron chi connectivity index (χ3n) is 6.46. The number of halogens is 2. The van der Waals surface area contributed by atoms with Crippen molar-refractivity contribution in [1.82, 2.24) is 14.7 Å². The zero-order valence-electron chi connectivity index (χ0n) is 21.4. The monoisotopic (exact) mass is 543 g/mol. The van der Waals surface area contributed by atoms with Crippen LogP contribution in [0.1, 0.15) is 44.0 Å². The van der Waals surface area contributed by atoms with Gasteiger partial charge in [-0.15, -0.1) is 0 Å². The van der Waals surface area contributed by atoms with Gasteiger partial charge in [0.05, 0.1) is 34.6 Å². The molecule has 37 heavy (non-hydrogen) atoms. The summed E-state index contributed by atoms with van der Waals surface area (Å²) in [5.74, 6) is 0.470. The summed E-state index contributed by atoms with van der Waals surface area (Å²) in [6.45, 7) is 7.74. The number of carbonyl (C=O) groups is 2. The molecule has 3 aromatic rings. The minimum atomic E-state index is -1.05. The number of benzene rings is 2. The second kappa shape index (κ2) is 10.7. The number of hydrogen-bond donors (Lipinski definition) is 1. The zero-order chi connectivity index (χ0) is 26.9. The Morgan fingerprint density at radius 1 is 1.08 bits per heavy atom. The number of aromatic nitrogens is 2. The first kappa shape index (κ1) is 27.0. The van der Waals surface area contributed by atoms with Crippen LogP contribution < -0.4 is 9.80 Å². The molecule has 0 aliphatic carbocycles. The number of rotatable bonds is 6. The molecular formula is C27H31Cl2N5O3. The van der Waals surface area contributed by atoms with Gasteiger partial charge in [0.2, 0.25) is 5.91 Å². The minimum absolute atomic E-state index is 0.0394. The molecule has 1 saturated heterocycles. The summed E-state index contributed by atoms with van der Waals surface area (Å²) in [5, 5.41) is 15.5. The lowest BCUT2D eigenvalue weighted by molar-refractivity contribution is -0.121. The number of para-hydroxylation sites is 1. The molecule has 1 N–H and O–H groups in total. The Morgan fingerprint density at radius 3 is 2.32 bits per heavy atom. The summed E-state index contributed by atoms with van der Waals surface area (Å²) in [6.07, 6.45) is -0.725. The van der Waals surface area contributed by atoms with Gasteiger partial charge in [-0.1, -0.05) is 74.3 Å². The highest BCUT2D eigenvalue weighted by atomic mass is 35.5. The van der Waals surface area contributed by atoms with Crippen LogP contribution in [0.5, 0.6) is 0 Å². The molecule has 0 spiro atoms. The Kier molecular flexibility index (Phi) is 7.83. The minimum Gasteiger partial charge on any atom is -0.465 e. The van der Waals surface area contributed by atoms with E-state index in [0.29, 0.717) is 47.7 Å². The smallest absolute Gasteiger partial charge is 0.413 e. The van der Waals surface area contributed by atoms with Crippen molar-refractivity contribution in [2.24, 2.45) is 7.05 Å². The number of hydrogen-bond acceptors (Lipinski definition) is 4. The van der Waals surface area contributed by atoms with Gasteiger partial charge in [-0.2, -0.15) is 5.10 Å². The van der Waals surface area contributed by atoms with Crippen LogP contribution in [0.3, 0.4) is 0 Å². The molecule has 0 saturated carbocycles. The first-order valence-corrected chi connectivity index (χ1v) is 12.8. The second-order valence-electron chi connectivity index (χ2n) is 10.2. The molecule has 196 valence electrons. The zero-order valence-corrected chi connectivity index (χ0v) is 22.9. The van der Waals surface area contributed by atoms with Gasteiger partial charge >= 0.3 is 6.09 Å². The van der Waals surface area contributed by atoms with Gasteiger partial charge in [-0.3, -0.25) is 24.2 Å². The molecule has 2 aromatic carbocycles. The van der Waals surface area contributed by atoms with E-state index in [-0.39, 0.29) is 17.9 Å². The van der Waals surface area contributed by atoms with Crippen molar-refractivity contribution in [2.75, 3.05) is 23.0 Å². The number of aryl methyl sites for hydroxylation is 1. The van der Waals surface area contributed by atoms with Crippen LogP contribution in [0.15, 0.2) is 48.5 Å². The van der Waals surface area contributed by atoms with Crippen molar-refractivity contribution in [3.8, 4) is 0 Å². The van der Waals surface area contributed by atoms with Crippen LogP contribution in [0, 0.1) is 0 Å². The molecule has 0 radical (unpaired) electrons. The summed E-state index contributed by atoms with van der Waals surface area (Å²) in [4.78, 5) is 30.1. The van der Waals surface area contributed by atoms with Crippen molar-refractivity contribution >= 4 is 46.7 Å². The molecule has 0 bridgehead atoms. The molecule has 1 fully saturated rings. The van der Waals surface area contributed by atoms with E-state index < -0.39 is 6.09 Å². The van der Waals surface area contributed by atoms with Crippen LogP contribution in [-0.4, -0.2) is 45.0 Å². The van der Waals surface area contributed by atoms with E-state index in [4.69, 9.17) is 23.2 Å². The lowest BCUT2D eigenvalue weighted by Crippen LogP contribution is -2.48. The number of carboxylic acid groups (broad SMARTS) is 1. The largest absolute Gasteiger partial charge is 0.465 e. The van der Waals surface area contributed by atoms with E-state index >= 15 is 0 Å². The first-order chi connectivity index (χ1) is 17.5. The molecule has 0 unspecified atom stereocenters. The van der Waals surface area contributed by atoms with Crippen LogP contribution in [-0.2, 0) is 30.3 Å². The summed E-state index contributed by atoms with van der Waals surface area (Å²) >= 11 is 12.8. The molecule has 1 aromatic heterocycles. The quantitative estimate of drug-likeness (QED) is 0.418. The number of carbonyl (C=O) groups excluding carboxylic acids is 1. The molecular weight excluding hydrogens is 513 g/mol. The number of amides is 2. The topological polar surface area (TPSA) is 81.9 Å². The highest BCUT2D eigenvalue weighted by Crippen LogP contribution is 2.35. The van der Waals surface area contributed by atoms with Crippen LogP contribution >= 0.6 is 23.2 Å². The van der Waals surface area contributed by atoms with E-state index in [1.807, 2.05) is 51.1 Å². The predicted octanol–water partition coefficient (Wildman–Crippen LogP) is 5.91. The fraction of sp³-hybridized carbons (Fsp3) is 0.370. The molecule has 4 rings (SSSR count). The molecule has 0 atom stereocenters. The van der Waals surface area contributed by atoms with Gasteiger partial charge in [-0.05, 0) is 23.3 Å². The van der Waals surface area contributed by atoms with Crippen molar-refractivity contribution < 1.29 is 14.7 Å². The summed E-state index contributed by atoms with van der Waals surface area (Å²) in [6, 6.07) is 14.8. The van der Waals surface area contributed by atoms with E-state index in [0.717, 1.165) is 16.8 Å². The maximum atomic E-state index is 12.7. The first-order valence-electron chi connectivity index (χ1n) is 12.0. The Morgan fingerprint density at radius 2 is 1.73 bits per heavy atom. The molecule has 1 aliphatic heterocycles. The Labute approximate surface area is 227 Å². The van der Waals surface area contributed by atoms with Crippen molar-refractivity contribution in [2.45, 2.75) is 45.7 Å². The average molecular weight is 544 g/mol. The van der Waals surface area contributed by atoms with Gasteiger partial charge in [-0.25, -0.2) is 4.79 Å². The Balaban J connectivity index is 1.58. The highest BCUT2D eigenvalue weighted by Gasteiger charge is 2.29. The van der Waals surface area contributed by atoms with Gasteiger partial charge in [0.25, 0.3) is 0 Å². The normalized spacial score (nSPS) is 14.8. The van der Waals surface area contributed by atoms with E-state index in [2.05, 4.69) is 10.00 Å². The van der Waals surface area contributed by atoms with E-state index in [1.165, 1.54) is 4.90 Å². The van der Waals surface area contributed by atoms with Crippen molar-refractivity contribution in [3.63, 3.8) is 0 Å². The molecule has 2 amide bonds. The van der Waals surface area contributed by atoms with Gasteiger partial charge in [0.15, 0.2) is 0 Å². The Hall–Kier alpha value is -3.07. The highest BCUT2D eigenvalue weighted by molar-refractivity contribution is 6.39. The van der Waals surface area contributed by atoms with Crippen LogP contribution in [0.25, 0.3) is 0 Å². The average Bonchev–Trinajstić information content (AvgIpc) is 3.22. The second-order valence-corrected chi connectivity index (χ2v) is 11.0. The third-order valence-corrected chi connectivity index (χ3v) is 7.07. The summed E-state index contributed by atoms with van der Waals surface area (Å²) in [5.41, 5.74) is 2.98. The maximum absolute atomic E-state index is 12.7. The van der Waals surface area contributed by atoms with E-state index in [9.17, 15) is 14.7 Å². The lowest BCUT2D eigenvalue weighted by atomic mass is 9.92. The summed E-state index contributed by atoms with van der Waals surface area (Å²) < 4.78 is 1.61. The third kappa shape index (κ3) is 5.92. The van der Waals surface area contributed by atoms with Crippen molar-refractivity contribution in [1.29, 1.82) is 0 Å². The fourth-order valence-electron chi connectivity index (χ4n) is 4.41. The van der Waals surface area contributed by atoms with Crippen LogP contribution in [0.2, 0.25) is 10.0 Å². The van der Waals surface area contributed by atoms with Crippen LogP contribution in [0.4, 0.5) is 16.3 Å². The predicted molar refractivity (Wildman–Crippen MR) is 146 cm³/mol. The van der Waals surface area contributed by atoms with Gasteiger partial charge < -0.3 is 5.11 Å². The molecule has 1 aliphatic rings. The Bertz CT molecular complexity index is 1300. The molecule has 10 heteroatoms.